The monoisotopic (exact) mass is 258 g/mol. The van der Waals surface area contributed by atoms with Gasteiger partial charge >= 0.3 is 0 Å². The second-order valence-corrected chi connectivity index (χ2v) is 5.77. The number of nitrogens with two attached hydrogens (primary N) is 1. The van der Waals surface area contributed by atoms with Gasteiger partial charge in [0.05, 0.1) is 18.0 Å². The third kappa shape index (κ3) is 3.69. The molecule has 6 heteroatoms. The largest absolute Gasteiger partial charge is 0.384 e. The number of benzene rings is 1. The lowest BCUT2D eigenvalue weighted by molar-refractivity contribution is 0.217. The Morgan fingerprint density at radius 3 is 2.71 bits per heavy atom. The second kappa shape index (κ2) is 6.00. The van der Waals surface area contributed by atoms with Crippen LogP contribution in [0.3, 0.4) is 0 Å². The molecular formula is C11H18N2O3S. The summed E-state index contributed by atoms with van der Waals surface area (Å²) in [6.07, 6.45) is 0. The van der Waals surface area contributed by atoms with Gasteiger partial charge in [-0.15, -0.1) is 0 Å². The van der Waals surface area contributed by atoms with Crippen LogP contribution in [0.1, 0.15) is 5.56 Å². The van der Waals surface area contributed by atoms with E-state index in [0.717, 1.165) is 5.56 Å². The number of ether oxygens (including phenoxy) is 1. The molecule has 0 aliphatic rings. The molecule has 1 rings (SSSR count). The minimum atomic E-state index is -3.33. The zero-order chi connectivity index (χ0) is 12.9. The first-order chi connectivity index (χ1) is 8.01. The van der Waals surface area contributed by atoms with E-state index in [2.05, 4.69) is 0 Å². The van der Waals surface area contributed by atoms with Crippen molar-refractivity contribution in [3.05, 3.63) is 29.8 Å². The number of hydrogen-bond donors (Lipinski definition) is 1. The summed E-state index contributed by atoms with van der Waals surface area (Å²) in [5.41, 5.74) is 7.03. The molecule has 0 aliphatic carbocycles. The smallest absolute Gasteiger partial charge is 0.237 e. The van der Waals surface area contributed by atoms with E-state index in [-0.39, 0.29) is 12.4 Å². The van der Waals surface area contributed by atoms with Crippen molar-refractivity contribution in [2.45, 2.75) is 6.54 Å². The minimum absolute atomic E-state index is 0.0349. The third-order valence-electron chi connectivity index (χ3n) is 2.47. The normalized spacial score (nSPS) is 11.5. The van der Waals surface area contributed by atoms with Crippen LogP contribution >= 0.6 is 0 Å². The summed E-state index contributed by atoms with van der Waals surface area (Å²) in [5, 5.41) is 0. The average Bonchev–Trinajstić information content (AvgIpc) is 2.35. The fourth-order valence-electron chi connectivity index (χ4n) is 1.37. The van der Waals surface area contributed by atoms with Gasteiger partial charge in [0.25, 0.3) is 0 Å². The van der Waals surface area contributed by atoms with Crippen molar-refractivity contribution in [3.8, 4) is 0 Å². The molecule has 0 aromatic heterocycles. The molecule has 0 amide bonds. The van der Waals surface area contributed by atoms with Gasteiger partial charge in [-0.05, 0) is 17.7 Å². The van der Waals surface area contributed by atoms with Gasteiger partial charge in [-0.2, -0.15) is 0 Å². The Morgan fingerprint density at radius 1 is 1.41 bits per heavy atom. The van der Waals surface area contributed by atoms with Gasteiger partial charge < -0.3 is 10.5 Å². The molecule has 0 unspecified atom stereocenters. The zero-order valence-electron chi connectivity index (χ0n) is 10.1. The van der Waals surface area contributed by atoms with E-state index in [1.165, 1.54) is 18.5 Å². The lowest BCUT2D eigenvalue weighted by atomic mass is 10.2. The number of methoxy groups -OCH3 is 1. The van der Waals surface area contributed by atoms with E-state index in [9.17, 15) is 8.42 Å². The van der Waals surface area contributed by atoms with E-state index in [4.69, 9.17) is 10.5 Å². The average molecular weight is 258 g/mol. The molecular weight excluding hydrogens is 240 g/mol. The molecule has 1 aromatic carbocycles. The van der Waals surface area contributed by atoms with Crippen LogP contribution in [0.15, 0.2) is 24.3 Å². The van der Waals surface area contributed by atoms with Crippen molar-refractivity contribution >= 4 is 15.7 Å². The van der Waals surface area contributed by atoms with E-state index < -0.39 is 10.0 Å². The van der Waals surface area contributed by atoms with Crippen molar-refractivity contribution in [1.82, 2.24) is 0 Å². The molecule has 0 radical (unpaired) electrons. The van der Waals surface area contributed by atoms with E-state index in [1.807, 2.05) is 6.07 Å². The zero-order valence-corrected chi connectivity index (χ0v) is 10.9. The minimum Gasteiger partial charge on any atom is -0.384 e. The van der Waals surface area contributed by atoms with Gasteiger partial charge in [0.15, 0.2) is 0 Å². The van der Waals surface area contributed by atoms with Crippen LogP contribution < -0.4 is 10.0 Å². The van der Waals surface area contributed by atoms with Crippen molar-refractivity contribution < 1.29 is 13.2 Å². The molecule has 2 N–H and O–H groups in total. The van der Waals surface area contributed by atoms with Crippen LogP contribution in [0.4, 0.5) is 5.69 Å². The molecule has 96 valence electrons. The quantitative estimate of drug-likeness (QED) is 0.809. The predicted molar refractivity (Wildman–Crippen MR) is 68.4 cm³/mol. The molecule has 17 heavy (non-hydrogen) atoms. The van der Waals surface area contributed by atoms with Gasteiger partial charge in [0, 0.05) is 20.7 Å². The second-order valence-electron chi connectivity index (χ2n) is 3.65. The first kappa shape index (κ1) is 14.0. The number of hydrogen-bond acceptors (Lipinski definition) is 4. The Bertz CT molecular complexity index is 460. The SMILES string of the molecule is COCCS(=O)(=O)N(C)c1cccc(CN)c1. The van der Waals surface area contributed by atoms with Crippen LogP contribution in [-0.2, 0) is 21.3 Å². The Hall–Kier alpha value is -1.11. The fraction of sp³-hybridized carbons (Fsp3) is 0.455. The van der Waals surface area contributed by atoms with Crippen LogP contribution in [0.25, 0.3) is 0 Å². The number of anilines is 1. The Kier molecular flexibility index (Phi) is 4.92. The Balaban J connectivity index is 2.91. The predicted octanol–water partition coefficient (Wildman–Crippen LogP) is 0.558. The molecule has 0 saturated carbocycles. The molecule has 0 aliphatic heterocycles. The van der Waals surface area contributed by atoms with Crippen molar-refractivity contribution in [3.63, 3.8) is 0 Å². The number of nitrogens with zero attached hydrogens (tertiary/aromatic N) is 1. The molecule has 0 fully saturated rings. The highest BCUT2D eigenvalue weighted by Gasteiger charge is 2.17. The third-order valence-corrected chi connectivity index (χ3v) is 4.20. The summed E-state index contributed by atoms with van der Waals surface area (Å²) < 4.78 is 29.8. The molecule has 0 atom stereocenters. The summed E-state index contributed by atoms with van der Waals surface area (Å²) in [5.74, 6) is -0.0349. The summed E-state index contributed by atoms with van der Waals surface area (Å²) >= 11 is 0. The molecule has 1 aromatic rings. The lowest BCUT2D eigenvalue weighted by Crippen LogP contribution is -2.30. The van der Waals surface area contributed by atoms with E-state index in [0.29, 0.717) is 12.2 Å². The van der Waals surface area contributed by atoms with Crippen LogP contribution in [0.2, 0.25) is 0 Å². The Morgan fingerprint density at radius 2 is 2.12 bits per heavy atom. The molecule has 0 spiro atoms. The summed E-state index contributed by atoms with van der Waals surface area (Å²) in [6, 6.07) is 7.16. The van der Waals surface area contributed by atoms with Gasteiger partial charge in [0.1, 0.15) is 0 Å². The van der Waals surface area contributed by atoms with Gasteiger partial charge in [-0.25, -0.2) is 8.42 Å². The number of rotatable bonds is 6. The van der Waals surface area contributed by atoms with Gasteiger partial charge in [-0.1, -0.05) is 12.1 Å². The molecule has 0 heterocycles. The maximum atomic E-state index is 11.9. The highest BCUT2D eigenvalue weighted by atomic mass is 32.2. The van der Waals surface area contributed by atoms with Gasteiger partial charge in [-0.3, -0.25) is 4.31 Å². The van der Waals surface area contributed by atoms with Crippen molar-refractivity contribution in [1.29, 1.82) is 0 Å². The molecule has 5 nitrogen and oxygen atoms in total. The van der Waals surface area contributed by atoms with Crippen molar-refractivity contribution in [2.75, 3.05) is 30.8 Å². The molecule has 0 saturated heterocycles. The summed E-state index contributed by atoms with van der Waals surface area (Å²) in [6.45, 7) is 0.572. The van der Waals surface area contributed by atoms with Crippen molar-refractivity contribution in [2.24, 2.45) is 5.73 Å². The highest BCUT2D eigenvalue weighted by molar-refractivity contribution is 7.92. The van der Waals surface area contributed by atoms with E-state index in [1.54, 1.807) is 18.2 Å². The van der Waals surface area contributed by atoms with E-state index >= 15 is 0 Å². The van der Waals surface area contributed by atoms with Crippen LogP contribution in [0.5, 0.6) is 0 Å². The maximum Gasteiger partial charge on any atom is 0.237 e. The topological polar surface area (TPSA) is 72.6 Å². The lowest BCUT2D eigenvalue weighted by Gasteiger charge is -2.19. The fourth-order valence-corrected chi connectivity index (χ4v) is 2.45. The van der Waals surface area contributed by atoms with Crippen LogP contribution in [-0.4, -0.2) is 34.9 Å². The molecule has 0 bridgehead atoms. The van der Waals surface area contributed by atoms with Crippen LogP contribution in [0, 0.1) is 0 Å². The summed E-state index contributed by atoms with van der Waals surface area (Å²) in [4.78, 5) is 0. The van der Waals surface area contributed by atoms with Gasteiger partial charge in [0.2, 0.25) is 10.0 Å². The maximum absolute atomic E-state index is 11.9. The first-order valence-corrected chi connectivity index (χ1v) is 6.86. The first-order valence-electron chi connectivity index (χ1n) is 5.26. The number of sulfonamides is 1. The summed E-state index contributed by atoms with van der Waals surface area (Å²) in [7, 11) is -0.328. The standard InChI is InChI=1S/C11H18N2O3S/c1-13(17(14,15)7-6-16-2)11-5-3-4-10(8-11)9-12/h3-5,8H,6-7,9,12H2,1-2H3. The Labute approximate surface area is 102 Å². The highest BCUT2D eigenvalue weighted by Crippen LogP contribution is 2.17.